The molecule has 0 aliphatic heterocycles. The molecule has 1 heteroatoms. The van der Waals surface area contributed by atoms with Crippen LogP contribution in [0.4, 0.5) is 0 Å². The van der Waals surface area contributed by atoms with Crippen LogP contribution in [0, 0.1) is 0 Å². The lowest BCUT2D eigenvalue weighted by Crippen LogP contribution is -2.84. The first-order chi connectivity index (χ1) is 18.4. The molecule has 0 atom stereocenters. The molecule has 0 aliphatic rings. The quantitative estimate of drug-likeness (QED) is 0.0809. The minimum absolute atomic E-state index is 1.37. The number of quaternary nitrogens is 1. The molecule has 0 spiro atoms. The lowest BCUT2D eigenvalue weighted by atomic mass is 10.0. The van der Waals surface area contributed by atoms with Crippen molar-refractivity contribution in [1.82, 2.24) is 0 Å². The normalized spacial score (nSPS) is 11.5. The van der Waals surface area contributed by atoms with Gasteiger partial charge < -0.3 is 5.32 Å². The van der Waals surface area contributed by atoms with Gasteiger partial charge in [-0.2, -0.15) is 0 Å². The Balaban J connectivity index is 3.00. The van der Waals surface area contributed by atoms with Crippen molar-refractivity contribution in [2.24, 2.45) is 0 Å². The second-order valence-electron chi connectivity index (χ2n) is 12.5. The monoisotopic (exact) mass is 523 g/mol. The van der Waals surface area contributed by atoms with Crippen molar-refractivity contribution >= 4 is 0 Å². The average molecular weight is 523 g/mol. The average Bonchev–Trinajstić information content (AvgIpc) is 2.91. The third-order valence-corrected chi connectivity index (χ3v) is 8.52. The van der Waals surface area contributed by atoms with Crippen molar-refractivity contribution in [3.63, 3.8) is 0 Å². The maximum atomic E-state index is 2.59. The topological polar surface area (TPSA) is 16.6 Å². The first-order valence-electron chi connectivity index (χ1n) is 18.2. The summed E-state index contributed by atoms with van der Waals surface area (Å²) in [5, 5.41) is 2.59. The molecule has 0 radical (unpaired) electrons. The molecular formula is C36H76N+. The number of rotatable bonds is 34. The minimum Gasteiger partial charge on any atom is -0.346 e. The van der Waals surface area contributed by atoms with E-state index in [4.69, 9.17) is 0 Å². The standard InChI is InChI=1S/C36H75N/c1-3-5-7-9-11-13-15-17-19-21-23-25-27-29-31-33-35-37-36-34-32-30-28-26-24-22-20-18-16-14-12-10-8-6-4-2/h37H,3-36H2,1-2H3/p+1. The third-order valence-electron chi connectivity index (χ3n) is 8.52. The van der Waals surface area contributed by atoms with Crippen molar-refractivity contribution in [1.29, 1.82) is 0 Å². The van der Waals surface area contributed by atoms with Crippen molar-refractivity contribution in [2.45, 2.75) is 219 Å². The molecule has 0 unspecified atom stereocenters. The highest BCUT2D eigenvalue weighted by Gasteiger charge is 1.97. The molecule has 0 fully saturated rings. The van der Waals surface area contributed by atoms with Crippen LogP contribution in [0.2, 0.25) is 0 Å². The Morgan fingerprint density at radius 3 is 0.568 bits per heavy atom. The van der Waals surface area contributed by atoms with Crippen LogP contribution >= 0.6 is 0 Å². The molecule has 0 aromatic heterocycles. The molecular weight excluding hydrogens is 446 g/mol. The number of unbranched alkanes of at least 4 members (excludes halogenated alkanes) is 30. The van der Waals surface area contributed by atoms with Gasteiger partial charge >= 0.3 is 0 Å². The summed E-state index contributed by atoms with van der Waals surface area (Å²) in [5.74, 6) is 0. The van der Waals surface area contributed by atoms with Gasteiger partial charge in [-0.1, -0.05) is 194 Å². The van der Waals surface area contributed by atoms with E-state index in [0.29, 0.717) is 0 Å². The summed E-state index contributed by atoms with van der Waals surface area (Å²) >= 11 is 0. The van der Waals surface area contributed by atoms with Crippen LogP contribution in [-0.4, -0.2) is 13.1 Å². The molecule has 0 aromatic carbocycles. The Labute approximate surface area is 237 Å². The Morgan fingerprint density at radius 1 is 0.216 bits per heavy atom. The van der Waals surface area contributed by atoms with Crippen molar-refractivity contribution in [3.05, 3.63) is 0 Å². The molecule has 2 N–H and O–H groups in total. The van der Waals surface area contributed by atoms with Gasteiger partial charge in [-0.05, 0) is 25.7 Å². The predicted molar refractivity (Wildman–Crippen MR) is 171 cm³/mol. The maximum absolute atomic E-state index is 2.59. The second kappa shape index (κ2) is 36.0. The van der Waals surface area contributed by atoms with E-state index in [1.165, 1.54) is 219 Å². The van der Waals surface area contributed by atoms with Crippen LogP contribution in [0.1, 0.15) is 219 Å². The van der Waals surface area contributed by atoms with Crippen LogP contribution in [0.25, 0.3) is 0 Å². The van der Waals surface area contributed by atoms with Gasteiger partial charge in [0.15, 0.2) is 0 Å². The molecule has 0 rings (SSSR count). The molecule has 1 nitrogen and oxygen atoms in total. The molecule has 0 bridgehead atoms. The number of nitrogens with two attached hydrogens (primary N) is 1. The van der Waals surface area contributed by atoms with Gasteiger partial charge in [-0.3, -0.25) is 0 Å². The number of hydrogen-bond acceptors (Lipinski definition) is 0. The highest BCUT2D eigenvalue weighted by molar-refractivity contribution is 4.51. The Kier molecular flexibility index (Phi) is 35.9. The van der Waals surface area contributed by atoms with Crippen molar-refractivity contribution in [2.75, 3.05) is 13.1 Å². The summed E-state index contributed by atoms with van der Waals surface area (Å²) in [7, 11) is 0. The lowest BCUT2D eigenvalue weighted by Gasteiger charge is -2.04. The highest BCUT2D eigenvalue weighted by atomic mass is 14.8. The summed E-state index contributed by atoms with van der Waals surface area (Å²) in [6.45, 7) is 7.36. The predicted octanol–water partition coefficient (Wildman–Crippen LogP) is 12.1. The van der Waals surface area contributed by atoms with Crippen molar-refractivity contribution < 1.29 is 5.32 Å². The molecule has 0 saturated heterocycles. The van der Waals surface area contributed by atoms with Gasteiger partial charge in [-0.15, -0.1) is 0 Å². The summed E-state index contributed by atoms with van der Waals surface area (Å²) in [4.78, 5) is 0. The number of hydrogen-bond donors (Lipinski definition) is 1. The molecule has 37 heavy (non-hydrogen) atoms. The molecule has 0 heterocycles. The van der Waals surface area contributed by atoms with Gasteiger partial charge in [0.2, 0.25) is 0 Å². The van der Waals surface area contributed by atoms with E-state index in [2.05, 4.69) is 19.2 Å². The zero-order valence-corrected chi connectivity index (χ0v) is 26.6. The fourth-order valence-electron chi connectivity index (χ4n) is 5.82. The molecule has 0 aromatic rings. The smallest absolute Gasteiger partial charge is 0.0755 e. The van der Waals surface area contributed by atoms with Gasteiger partial charge in [0.25, 0.3) is 0 Å². The Hall–Kier alpha value is -0.0400. The lowest BCUT2D eigenvalue weighted by molar-refractivity contribution is -0.655. The largest absolute Gasteiger partial charge is 0.346 e. The summed E-state index contributed by atoms with van der Waals surface area (Å²) in [6.07, 6.45) is 47.0. The summed E-state index contributed by atoms with van der Waals surface area (Å²) in [5.41, 5.74) is 0. The van der Waals surface area contributed by atoms with E-state index < -0.39 is 0 Å². The van der Waals surface area contributed by atoms with E-state index in [1.54, 1.807) is 0 Å². The van der Waals surface area contributed by atoms with E-state index in [-0.39, 0.29) is 0 Å². The van der Waals surface area contributed by atoms with E-state index in [0.717, 1.165) is 0 Å². The fourth-order valence-corrected chi connectivity index (χ4v) is 5.82. The summed E-state index contributed by atoms with van der Waals surface area (Å²) < 4.78 is 0. The minimum atomic E-state index is 1.37. The third kappa shape index (κ3) is 36.0. The van der Waals surface area contributed by atoms with E-state index in [9.17, 15) is 0 Å². The Morgan fingerprint density at radius 2 is 0.378 bits per heavy atom. The van der Waals surface area contributed by atoms with Gasteiger partial charge in [0, 0.05) is 0 Å². The van der Waals surface area contributed by atoms with Gasteiger partial charge in [0.05, 0.1) is 13.1 Å². The molecule has 224 valence electrons. The summed E-state index contributed by atoms with van der Waals surface area (Å²) in [6, 6.07) is 0. The van der Waals surface area contributed by atoms with Crippen LogP contribution in [-0.2, 0) is 0 Å². The van der Waals surface area contributed by atoms with Gasteiger partial charge in [0.1, 0.15) is 0 Å². The van der Waals surface area contributed by atoms with Crippen LogP contribution in [0.3, 0.4) is 0 Å². The van der Waals surface area contributed by atoms with Crippen LogP contribution < -0.4 is 5.32 Å². The highest BCUT2D eigenvalue weighted by Crippen LogP contribution is 2.15. The zero-order valence-electron chi connectivity index (χ0n) is 26.6. The Bertz CT molecular complexity index is 332. The zero-order chi connectivity index (χ0) is 26.7. The van der Waals surface area contributed by atoms with E-state index in [1.807, 2.05) is 0 Å². The second-order valence-corrected chi connectivity index (χ2v) is 12.5. The van der Waals surface area contributed by atoms with Crippen LogP contribution in [0.15, 0.2) is 0 Å². The molecule has 0 saturated carbocycles. The SMILES string of the molecule is CCCCCCCCCCCCCCCCCC[NH2+]CCCCCCCCCCCCCCCCCC. The molecule has 0 amide bonds. The van der Waals surface area contributed by atoms with Crippen LogP contribution in [0.5, 0.6) is 0 Å². The fraction of sp³-hybridized carbons (Fsp3) is 1.00. The molecule has 0 aliphatic carbocycles. The van der Waals surface area contributed by atoms with E-state index >= 15 is 0 Å². The maximum Gasteiger partial charge on any atom is 0.0755 e. The first kappa shape index (κ1) is 37.0. The van der Waals surface area contributed by atoms with Gasteiger partial charge in [-0.25, -0.2) is 0 Å². The van der Waals surface area contributed by atoms with Crippen molar-refractivity contribution in [3.8, 4) is 0 Å². The first-order valence-corrected chi connectivity index (χ1v) is 18.2.